The number of hydrogen-bond donors (Lipinski definition) is 1. The Morgan fingerprint density at radius 1 is 1.15 bits per heavy atom. The molecule has 1 atom stereocenters. The lowest BCUT2D eigenvalue weighted by Gasteiger charge is -2.25. The summed E-state index contributed by atoms with van der Waals surface area (Å²) < 4.78 is 63.0. The molecule has 0 bridgehead atoms. The van der Waals surface area contributed by atoms with Crippen LogP contribution in [0.1, 0.15) is 35.1 Å². The molecule has 186 valence electrons. The Morgan fingerprint density at radius 3 is 2.44 bits per heavy atom. The van der Waals surface area contributed by atoms with Crippen molar-refractivity contribution in [2.45, 2.75) is 57.6 Å². The van der Waals surface area contributed by atoms with Gasteiger partial charge >= 0.3 is 6.61 Å². The minimum Gasteiger partial charge on any atom is -0.493 e. The zero-order valence-corrected chi connectivity index (χ0v) is 20.5. The average molecular weight is 497 g/mol. The first kappa shape index (κ1) is 25.9. The zero-order valence-electron chi connectivity index (χ0n) is 19.7. The molecule has 2 aromatic carbocycles. The highest BCUT2D eigenvalue weighted by Crippen LogP contribution is 2.31. The molecular weight excluding hydrogens is 466 g/mol. The smallest absolute Gasteiger partial charge is 0.387 e. The van der Waals surface area contributed by atoms with Gasteiger partial charge in [0.05, 0.1) is 12.0 Å². The molecule has 0 aromatic heterocycles. The average Bonchev–Trinajstić information content (AvgIpc) is 3.23. The lowest BCUT2D eigenvalue weighted by Crippen LogP contribution is -2.46. The van der Waals surface area contributed by atoms with E-state index in [1.165, 1.54) is 23.5 Å². The topological polar surface area (TPSA) is 84.9 Å². The molecule has 10 heteroatoms. The molecule has 1 aliphatic rings. The van der Waals surface area contributed by atoms with E-state index in [9.17, 15) is 22.0 Å². The summed E-state index contributed by atoms with van der Waals surface area (Å²) in [7, 11) is -2.49. The second-order valence-electron chi connectivity index (χ2n) is 8.41. The van der Waals surface area contributed by atoms with Crippen LogP contribution in [0.5, 0.6) is 11.5 Å². The lowest BCUT2D eigenvalue weighted by atomic mass is 10.1. The molecular formula is C24H30F2N2O5S. The second-order valence-corrected chi connectivity index (χ2v) is 10.2. The number of alkyl halides is 2. The third-order valence-corrected chi connectivity index (χ3v) is 8.05. The van der Waals surface area contributed by atoms with Crippen LogP contribution in [0, 0.1) is 20.8 Å². The number of amides is 1. The predicted molar refractivity (Wildman–Crippen MR) is 124 cm³/mol. The van der Waals surface area contributed by atoms with Gasteiger partial charge in [0, 0.05) is 13.1 Å². The maximum Gasteiger partial charge on any atom is 0.387 e. The Morgan fingerprint density at radius 2 is 1.82 bits per heavy atom. The molecule has 1 aliphatic heterocycles. The van der Waals surface area contributed by atoms with Crippen molar-refractivity contribution in [3.8, 4) is 11.5 Å². The van der Waals surface area contributed by atoms with Crippen molar-refractivity contribution in [1.29, 1.82) is 0 Å². The van der Waals surface area contributed by atoms with Crippen LogP contribution in [0.15, 0.2) is 35.2 Å². The first-order valence-corrected chi connectivity index (χ1v) is 12.5. The number of benzene rings is 2. The Labute approximate surface area is 199 Å². The standard InChI is InChI=1S/C24H30F2N2O5S/c1-15-12-16(2)22(17(3)13-15)34(30,31)28-11-5-6-19(28)23(29)27-10-9-18-7-8-20(32-4)21(14-18)33-24(25)26/h7-8,12-14,19,24H,5-6,9-11H2,1-4H3,(H,27,29). The van der Waals surface area contributed by atoms with Gasteiger partial charge in [0.2, 0.25) is 15.9 Å². The predicted octanol–water partition coefficient (Wildman–Crippen LogP) is 3.73. The van der Waals surface area contributed by atoms with Crippen LogP contribution in [-0.2, 0) is 21.2 Å². The highest BCUT2D eigenvalue weighted by Gasteiger charge is 2.40. The van der Waals surface area contributed by atoms with Gasteiger partial charge in [0.15, 0.2) is 11.5 Å². The number of sulfonamides is 1. The van der Waals surface area contributed by atoms with Crippen LogP contribution in [0.3, 0.4) is 0 Å². The number of rotatable bonds is 9. The van der Waals surface area contributed by atoms with Crippen LogP contribution in [0.2, 0.25) is 0 Å². The molecule has 0 saturated carbocycles. The summed E-state index contributed by atoms with van der Waals surface area (Å²) >= 11 is 0. The third-order valence-electron chi connectivity index (χ3n) is 5.83. The number of carbonyl (C=O) groups excluding carboxylic acids is 1. The van der Waals surface area contributed by atoms with Crippen molar-refractivity contribution in [3.63, 3.8) is 0 Å². The third kappa shape index (κ3) is 5.67. The van der Waals surface area contributed by atoms with Crippen molar-refractivity contribution >= 4 is 15.9 Å². The zero-order chi connectivity index (χ0) is 25.0. The van der Waals surface area contributed by atoms with E-state index >= 15 is 0 Å². The normalized spacial score (nSPS) is 16.6. The number of aryl methyl sites for hydroxylation is 3. The molecule has 1 amide bonds. The molecule has 0 radical (unpaired) electrons. The van der Waals surface area contributed by atoms with Gasteiger partial charge in [-0.2, -0.15) is 13.1 Å². The van der Waals surface area contributed by atoms with Crippen LogP contribution in [0.4, 0.5) is 8.78 Å². The van der Waals surface area contributed by atoms with Gasteiger partial charge in [0.1, 0.15) is 6.04 Å². The van der Waals surface area contributed by atoms with E-state index in [0.29, 0.717) is 36.0 Å². The van der Waals surface area contributed by atoms with E-state index < -0.39 is 22.7 Å². The Hall–Kier alpha value is -2.72. The summed E-state index contributed by atoms with van der Waals surface area (Å²) in [6, 6.07) is 7.51. The van der Waals surface area contributed by atoms with E-state index in [-0.39, 0.29) is 35.4 Å². The van der Waals surface area contributed by atoms with Gasteiger partial charge < -0.3 is 14.8 Å². The van der Waals surface area contributed by atoms with Gasteiger partial charge in [-0.1, -0.05) is 23.8 Å². The Bertz CT molecular complexity index is 1130. The fourth-order valence-corrected chi connectivity index (χ4v) is 6.57. The summed E-state index contributed by atoms with van der Waals surface area (Å²) in [4.78, 5) is 13.2. The lowest BCUT2D eigenvalue weighted by molar-refractivity contribution is -0.124. The van der Waals surface area contributed by atoms with E-state index in [4.69, 9.17) is 4.74 Å². The number of nitrogens with one attached hydrogen (secondary N) is 1. The summed E-state index contributed by atoms with van der Waals surface area (Å²) in [5, 5.41) is 2.79. The molecule has 34 heavy (non-hydrogen) atoms. The summed E-state index contributed by atoms with van der Waals surface area (Å²) in [5.41, 5.74) is 2.96. The van der Waals surface area contributed by atoms with Gasteiger partial charge in [-0.05, 0) is 68.9 Å². The molecule has 1 N–H and O–H groups in total. The number of halogens is 2. The second kappa shape index (κ2) is 10.7. The fraction of sp³-hybridized carbons (Fsp3) is 0.458. The molecule has 7 nitrogen and oxygen atoms in total. The summed E-state index contributed by atoms with van der Waals surface area (Å²) in [6.07, 6.45) is 1.38. The molecule has 1 unspecified atom stereocenters. The maximum absolute atomic E-state index is 13.4. The number of hydrogen-bond acceptors (Lipinski definition) is 5. The number of methoxy groups -OCH3 is 1. The van der Waals surface area contributed by atoms with Crippen molar-refractivity contribution in [1.82, 2.24) is 9.62 Å². The SMILES string of the molecule is COc1ccc(CCNC(=O)C2CCCN2S(=O)(=O)c2c(C)cc(C)cc2C)cc1OC(F)F. The molecule has 1 fully saturated rings. The van der Waals surface area contributed by atoms with Gasteiger partial charge in [-0.15, -0.1) is 0 Å². The van der Waals surface area contributed by atoms with E-state index in [0.717, 1.165) is 5.56 Å². The number of ether oxygens (including phenoxy) is 2. The number of nitrogens with zero attached hydrogens (tertiary/aromatic N) is 1. The quantitative estimate of drug-likeness (QED) is 0.572. The van der Waals surface area contributed by atoms with E-state index in [1.807, 2.05) is 19.1 Å². The van der Waals surface area contributed by atoms with E-state index in [1.54, 1.807) is 19.9 Å². The molecule has 0 spiro atoms. The van der Waals surface area contributed by atoms with Crippen molar-refractivity contribution < 1.29 is 31.5 Å². The molecule has 3 rings (SSSR count). The van der Waals surface area contributed by atoms with Crippen LogP contribution in [-0.4, -0.2) is 51.5 Å². The van der Waals surface area contributed by atoms with Crippen LogP contribution >= 0.6 is 0 Å². The van der Waals surface area contributed by atoms with Crippen LogP contribution < -0.4 is 14.8 Å². The van der Waals surface area contributed by atoms with Crippen molar-refractivity contribution in [2.75, 3.05) is 20.2 Å². The molecule has 1 saturated heterocycles. The number of carbonyl (C=O) groups is 1. The van der Waals surface area contributed by atoms with Crippen molar-refractivity contribution in [3.05, 3.63) is 52.6 Å². The largest absolute Gasteiger partial charge is 0.493 e. The highest BCUT2D eigenvalue weighted by atomic mass is 32.2. The molecule has 2 aromatic rings. The van der Waals surface area contributed by atoms with Gasteiger partial charge in [0.25, 0.3) is 0 Å². The molecule has 0 aliphatic carbocycles. The molecule has 1 heterocycles. The minimum atomic E-state index is -3.84. The van der Waals surface area contributed by atoms with Gasteiger partial charge in [-0.3, -0.25) is 4.79 Å². The summed E-state index contributed by atoms with van der Waals surface area (Å²) in [5.74, 6) is -0.277. The van der Waals surface area contributed by atoms with Crippen LogP contribution in [0.25, 0.3) is 0 Å². The fourth-order valence-electron chi connectivity index (χ4n) is 4.49. The highest BCUT2D eigenvalue weighted by molar-refractivity contribution is 7.89. The van der Waals surface area contributed by atoms with Gasteiger partial charge in [-0.25, -0.2) is 8.42 Å². The van der Waals surface area contributed by atoms with Crippen molar-refractivity contribution in [2.24, 2.45) is 0 Å². The Kier molecular flexibility index (Phi) is 8.14. The van der Waals surface area contributed by atoms with E-state index in [2.05, 4.69) is 10.1 Å². The maximum atomic E-state index is 13.4. The Balaban J connectivity index is 1.69. The first-order chi connectivity index (χ1) is 16.0. The summed E-state index contributed by atoms with van der Waals surface area (Å²) in [6.45, 7) is 2.94. The minimum absolute atomic E-state index is 0.0850. The monoisotopic (exact) mass is 496 g/mol. The first-order valence-electron chi connectivity index (χ1n) is 11.0.